The van der Waals surface area contributed by atoms with Crippen LogP contribution in [0, 0.1) is 0 Å². The van der Waals surface area contributed by atoms with Crippen molar-refractivity contribution in [2.75, 3.05) is 0 Å². The van der Waals surface area contributed by atoms with Gasteiger partial charge in [-0.1, -0.05) is 15.9 Å². The second-order valence-corrected chi connectivity index (χ2v) is 3.40. The van der Waals surface area contributed by atoms with Crippen molar-refractivity contribution < 1.29 is 5.11 Å². The Bertz CT molecular complexity index is 268. The summed E-state index contributed by atoms with van der Waals surface area (Å²) < 4.78 is 0.890. The molecule has 74 valence electrons. The lowest BCUT2D eigenvalue weighted by Crippen LogP contribution is -2.02. The molecule has 0 bridgehead atoms. The fraction of sp³-hybridized carbons (Fsp3) is 0.250. The molecular formula is C8H12BrClN2O. The highest BCUT2D eigenvalue weighted by molar-refractivity contribution is 9.10. The first-order valence-electron chi connectivity index (χ1n) is 3.59. The van der Waals surface area contributed by atoms with Gasteiger partial charge in [-0.3, -0.25) is 0 Å². The molecule has 0 heterocycles. The molecule has 0 amide bonds. The summed E-state index contributed by atoms with van der Waals surface area (Å²) in [5.74, 6) is 0.211. The number of phenols is 1. The minimum atomic E-state index is 0. The number of halogens is 2. The predicted molar refractivity (Wildman–Crippen MR) is 58.8 cm³/mol. The predicted octanol–water partition coefficient (Wildman–Crippen LogP) is 1.49. The third-order valence-electron chi connectivity index (χ3n) is 1.67. The van der Waals surface area contributed by atoms with Crippen molar-refractivity contribution in [2.45, 2.75) is 13.1 Å². The lowest BCUT2D eigenvalue weighted by atomic mass is 10.1. The number of aromatic hydroxyl groups is 1. The van der Waals surface area contributed by atoms with Crippen LogP contribution in [0.4, 0.5) is 0 Å². The Labute approximate surface area is 91.7 Å². The van der Waals surface area contributed by atoms with E-state index in [4.69, 9.17) is 11.5 Å². The number of phenolic OH excluding ortho intramolecular Hbond substituents is 1. The largest absolute Gasteiger partial charge is 0.507 e. The van der Waals surface area contributed by atoms with E-state index in [1.54, 1.807) is 12.1 Å². The van der Waals surface area contributed by atoms with Gasteiger partial charge in [0.05, 0.1) is 0 Å². The van der Waals surface area contributed by atoms with E-state index in [1.807, 2.05) is 0 Å². The maximum atomic E-state index is 9.53. The Balaban J connectivity index is 0.00000144. The van der Waals surface area contributed by atoms with Crippen LogP contribution in [-0.2, 0) is 13.1 Å². The Kier molecular flexibility index (Phi) is 5.32. The van der Waals surface area contributed by atoms with E-state index in [2.05, 4.69) is 15.9 Å². The number of hydrogen-bond donors (Lipinski definition) is 3. The second kappa shape index (κ2) is 5.44. The van der Waals surface area contributed by atoms with Crippen LogP contribution in [0.25, 0.3) is 0 Å². The van der Waals surface area contributed by atoms with E-state index in [9.17, 15) is 5.11 Å². The molecular weight excluding hydrogens is 255 g/mol. The molecule has 0 aliphatic carbocycles. The van der Waals surface area contributed by atoms with Crippen LogP contribution in [-0.4, -0.2) is 5.11 Å². The molecule has 0 aliphatic heterocycles. The van der Waals surface area contributed by atoms with Gasteiger partial charge in [-0.25, -0.2) is 0 Å². The summed E-state index contributed by atoms with van der Waals surface area (Å²) in [6.07, 6.45) is 0. The van der Waals surface area contributed by atoms with E-state index < -0.39 is 0 Å². The quantitative estimate of drug-likeness (QED) is 0.760. The second-order valence-electron chi connectivity index (χ2n) is 2.48. The summed E-state index contributed by atoms with van der Waals surface area (Å²) in [6, 6.07) is 3.57. The Hall–Kier alpha value is -0.290. The molecule has 0 fully saturated rings. The van der Waals surface area contributed by atoms with Gasteiger partial charge < -0.3 is 16.6 Å². The summed E-state index contributed by atoms with van der Waals surface area (Å²) in [5, 5.41) is 9.53. The molecule has 0 saturated heterocycles. The lowest BCUT2D eigenvalue weighted by molar-refractivity contribution is 0.461. The van der Waals surface area contributed by atoms with Gasteiger partial charge in [0.25, 0.3) is 0 Å². The summed E-state index contributed by atoms with van der Waals surface area (Å²) in [4.78, 5) is 0. The zero-order chi connectivity index (χ0) is 9.14. The van der Waals surface area contributed by atoms with Gasteiger partial charge in [-0.15, -0.1) is 12.4 Å². The average Bonchev–Trinajstić information content (AvgIpc) is 2.08. The van der Waals surface area contributed by atoms with Crippen molar-refractivity contribution in [3.8, 4) is 5.75 Å². The molecule has 5 N–H and O–H groups in total. The Morgan fingerprint density at radius 3 is 1.85 bits per heavy atom. The zero-order valence-electron chi connectivity index (χ0n) is 6.96. The fourth-order valence-corrected chi connectivity index (χ4v) is 1.58. The highest BCUT2D eigenvalue weighted by Gasteiger charge is 2.05. The maximum absolute atomic E-state index is 9.53. The van der Waals surface area contributed by atoms with Crippen molar-refractivity contribution in [3.63, 3.8) is 0 Å². The van der Waals surface area contributed by atoms with Crippen LogP contribution in [0.2, 0.25) is 0 Å². The molecule has 13 heavy (non-hydrogen) atoms. The van der Waals surface area contributed by atoms with Gasteiger partial charge >= 0.3 is 0 Å². The van der Waals surface area contributed by atoms with E-state index in [0.29, 0.717) is 24.2 Å². The van der Waals surface area contributed by atoms with E-state index >= 15 is 0 Å². The number of rotatable bonds is 2. The minimum absolute atomic E-state index is 0. The monoisotopic (exact) mass is 266 g/mol. The molecule has 0 radical (unpaired) electrons. The first-order chi connectivity index (χ1) is 5.69. The van der Waals surface area contributed by atoms with Crippen molar-refractivity contribution in [3.05, 3.63) is 27.7 Å². The summed E-state index contributed by atoms with van der Waals surface area (Å²) >= 11 is 3.31. The van der Waals surface area contributed by atoms with Crippen LogP contribution in [0.1, 0.15) is 11.1 Å². The molecule has 3 nitrogen and oxygen atoms in total. The molecule has 0 spiro atoms. The van der Waals surface area contributed by atoms with E-state index in [1.165, 1.54) is 0 Å². The standard InChI is InChI=1S/C8H11BrN2O.ClH/c9-7-1-5(3-10)8(12)6(2-7)4-11;/h1-2,12H,3-4,10-11H2;1H. The van der Waals surface area contributed by atoms with Gasteiger partial charge in [0.2, 0.25) is 0 Å². The van der Waals surface area contributed by atoms with Gasteiger partial charge in [-0.05, 0) is 12.1 Å². The van der Waals surface area contributed by atoms with Crippen molar-refractivity contribution in [1.29, 1.82) is 0 Å². The van der Waals surface area contributed by atoms with Crippen LogP contribution in [0.15, 0.2) is 16.6 Å². The summed E-state index contributed by atoms with van der Waals surface area (Å²) in [5.41, 5.74) is 12.3. The molecule has 1 aromatic rings. The number of nitrogens with two attached hydrogens (primary N) is 2. The van der Waals surface area contributed by atoms with Crippen molar-refractivity contribution in [2.24, 2.45) is 11.5 Å². The van der Waals surface area contributed by atoms with E-state index in [0.717, 1.165) is 4.47 Å². The first kappa shape index (κ1) is 12.7. The van der Waals surface area contributed by atoms with Crippen molar-refractivity contribution in [1.82, 2.24) is 0 Å². The number of benzene rings is 1. The first-order valence-corrected chi connectivity index (χ1v) is 4.38. The summed E-state index contributed by atoms with van der Waals surface area (Å²) in [7, 11) is 0. The summed E-state index contributed by atoms with van der Waals surface area (Å²) in [6.45, 7) is 0.635. The SMILES string of the molecule is Cl.NCc1cc(Br)cc(CN)c1O. The van der Waals surface area contributed by atoms with Crippen molar-refractivity contribution >= 4 is 28.3 Å². The maximum Gasteiger partial charge on any atom is 0.124 e. The third-order valence-corrected chi connectivity index (χ3v) is 2.13. The molecule has 0 atom stereocenters. The molecule has 0 unspecified atom stereocenters. The van der Waals surface area contributed by atoms with Crippen LogP contribution >= 0.6 is 28.3 Å². The smallest absolute Gasteiger partial charge is 0.124 e. The number of hydrogen-bond acceptors (Lipinski definition) is 3. The van der Waals surface area contributed by atoms with Gasteiger partial charge in [0.1, 0.15) is 5.75 Å². The lowest BCUT2D eigenvalue weighted by Gasteiger charge is -2.07. The highest BCUT2D eigenvalue weighted by Crippen LogP contribution is 2.26. The molecule has 1 rings (SSSR count). The van der Waals surface area contributed by atoms with Gasteiger partial charge in [-0.2, -0.15) is 0 Å². The average molecular weight is 268 g/mol. The Morgan fingerprint density at radius 1 is 1.15 bits per heavy atom. The fourth-order valence-electron chi connectivity index (χ4n) is 1.03. The molecule has 1 aromatic carbocycles. The van der Waals surface area contributed by atoms with Crippen LogP contribution < -0.4 is 11.5 Å². The minimum Gasteiger partial charge on any atom is -0.507 e. The van der Waals surface area contributed by atoms with Gasteiger partial charge in [0.15, 0.2) is 0 Å². The molecule has 0 aliphatic rings. The third kappa shape index (κ3) is 2.84. The molecule has 0 aromatic heterocycles. The highest BCUT2D eigenvalue weighted by atomic mass is 79.9. The van der Waals surface area contributed by atoms with Crippen LogP contribution in [0.5, 0.6) is 5.75 Å². The van der Waals surface area contributed by atoms with E-state index in [-0.39, 0.29) is 18.2 Å². The molecule has 5 heteroatoms. The normalized spacial score (nSPS) is 9.46. The Morgan fingerprint density at radius 2 is 1.54 bits per heavy atom. The topological polar surface area (TPSA) is 72.3 Å². The van der Waals surface area contributed by atoms with Crippen LogP contribution in [0.3, 0.4) is 0 Å². The zero-order valence-corrected chi connectivity index (χ0v) is 9.36. The van der Waals surface area contributed by atoms with Gasteiger partial charge in [0, 0.05) is 28.7 Å². The molecule has 0 saturated carbocycles.